The van der Waals surface area contributed by atoms with E-state index in [2.05, 4.69) is 10.3 Å². The Hall–Kier alpha value is -4.98. The molecule has 0 aliphatic rings. The molecule has 0 aliphatic carbocycles. The van der Waals surface area contributed by atoms with Crippen molar-refractivity contribution in [2.45, 2.75) is 6.54 Å². The van der Waals surface area contributed by atoms with Crippen molar-refractivity contribution in [2.24, 2.45) is 0 Å². The summed E-state index contributed by atoms with van der Waals surface area (Å²) in [4.78, 5) is 26.7. The molecule has 0 unspecified atom stereocenters. The lowest BCUT2D eigenvalue weighted by atomic mass is 10.0. The van der Waals surface area contributed by atoms with E-state index >= 15 is 0 Å². The van der Waals surface area contributed by atoms with Gasteiger partial charge in [-0.2, -0.15) is 0 Å². The molecular formula is C29H19F2N5O. The van der Waals surface area contributed by atoms with Crippen LogP contribution in [0.15, 0.2) is 97.5 Å². The maximum Gasteiger partial charge on any atom is 0.251 e. The molecule has 0 saturated carbocycles. The van der Waals surface area contributed by atoms with Gasteiger partial charge in [-0.25, -0.2) is 23.7 Å². The van der Waals surface area contributed by atoms with Gasteiger partial charge < -0.3 is 9.72 Å². The highest BCUT2D eigenvalue weighted by Crippen LogP contribution is 2.31. The molecule has 0 spiro atoms. The minimum absolute atomic E-state index is 0.250. The molecule has 3 aromatic heterocycles. The lowest BCUT2D eigenvalue weighted by Crippen LogP contribution is -2.23. The molecule has 6 aromatic rings. The van der Waals surface area contributed by atoms with Gasteiger partial charge in [-0.3, -0.25) is 4.79 Å². The predicted octanol–water partition coefficient (Wildman–Crippen LogP) is 5.82. The van der Waals surface area contributed by atoms with Crippen molar-refractivity contribution in [3.63, 3.8) is 0 Å². The summed E-state index contributed by atoms with van der Waals surface area (Å²) in [5, 5.41) is 2.93. The first kappa shape index (κ1) is 22.5. The Bertz CT molecular complexity index is 1760. The number of imidazole rings is 1. The molecule has 6 nitrogen and oxygen atoms in total. The van der Waals surface area contributed by atoms with E-state index < -0.39 is 0 Å². The molecule has 3 heterocycles. The standard InChI is InChI=1S/C29H19F2N5O/c30-22-7-2-19(3-8-22)27-28(20-4-9-23(31)10-5-20)35-25-15-21(6-11-24(25)34-27)29(37)33-16-18-1-12-26-32-13-14-36(26)17-18/h1-15,17H,16H2,(H,33,37). The van der Waals surface area contributed by atoms with Crippen LogP contribution < -0.4 is 5.32 Å². The van der Waals surface area contributed by atoms with Gasteiger partial charge in [0.2, 0.25) is 0 Å². The highest BCUT2D eigenvalue weighted by Gasteiger charge is 2.15. The number of nitrogens with one attached hydrogen (secondary N) is 1. The normalized spacial score (nSPS) is 11.2. The van der Waals surface area contributed by atoms with Crippen LogP contribution in [0.2, 0.25) is 0 Å². The Morgan fingerprint density at radius 2 is 1.43 bits per heavy atom. The molecule has 0 fully saturated rings. The zero-order valence-electron chi connectivity index (χ0n) is 19.4. The molecule has 37 heavy (non-hydrogen) atoms. The quantitative estimate of drug-likeness (QED) is 0.330. The molecule has 180 valence electrons. The summed E-state index contributed by atoms with van der Waals surface area (Å²) >= 11 is 0. The van der Waals surface area contributed by atoms with Crippen molar-refractivity contribution in [1.82, 2.24) is 24.7 Å². The molecule has 1 N–H and O–H groups in total. The molecule has 0 bridgehead atoms. The number of halogens is 2. The Labute approximate surface area is 210 Å². The van der Waals surface area contributed by atoms with E-state index in [4.69, 9.17) is 9.97 Å². The number of fused-ring (bicyclic) bond motifs is 2. The van der Waals surface area contributed by atoms with Crippen LogP contribution in [0.4, 0.5) is 8.78 Å². The van der Waals surface area contributed by atoms with Crippen LogP contribution in [-0.4, -0.2) is 25.3 Å². The van der Waals surface area contributed by atoms with Gasteiger partial charge in [0.25, 0.3) is 5.91 Å². The lowest BCUT2D eigenvalue weighted by molar-refractivity contribution is 0.0951. The Balaban J connectivity index is 1.35. The zero-order chi connectivity index (χ0) is 25.4. The highest BCUT2D eigenvalue weighted by molar-refractivity contribution is 5.98. The van der Waals surface area contributed by atoms with E-state index in [1.807, 2.05) is 28.9 Å². The molecule has 8 heteroatoms. The monoisotopic (exact) mass is 491 g/mol. The van der Waals surface area contributed by atoms with E-state index in [0.717, 1.165) is 11.2 Å². The Morgan fingerprint density at radius 1 is 0.784 bits per heavy atom. The van der Waals surface area contributed by atoms with Crippen LogP contribution in [0, 0.1) is 11.6 Å². The molecule has 0 saturated heterocycles. The Kier molecular flexibility index (Phi) is 5.61. The molecule has 0 radical (unpaired) electrons. The van der Waals surface area contributed by atoms with Gasteiger partial charge in [0, 0.05) is 41.8 Å². The highest BCUT2D eigenvalue weighted by atomic mass is 19.1. The van der Waals surface area contributed by atoms with Crippen LogP contribution in [0.5, 0.6) is 0 Å². The number of benzene rings is 3. The fourth-order valence-corrected chi connectivity index (χ4v) is 4.17. The van der Waals surface area contributed by atoms with E-state index in [9.17, 15) is 13.6 Å². The molecular weight excluding hydrogens is 472 g/mol. The molecule has 0 aliphatic heterocycles. The summed E-state index contributed by atoms with van der Waals surface area (Å²) in [5.74, 6) is -0.978. The van der Waals surface area contributed by atoms with Crippen LogP contribution in [0.3, 0.4) is 0 Å². The predicted molar refractivity (Wildman–Crippen MR) is 137 cm³/mol. The second kappa shape index (κ2) is 9.23. The summed E-state index contributed by atoms with van der Waals surface area (Å²) < 4.78 is 29.0. The smallest absolute Gasteiger partial charge is 0.251 e. The number of aromatic nitrogens is 4. The zero-order valence-corrected chi connectivity index (χ0v) is 19.4. The van der Waals surface area contributed by atoms with Crippen molar-refractivity contribution in [3.8, 4) is 22.5 Å². The third-order valence-corrected chi connectivity index (χ3v) is 6.06. The summed E-state index contributed by atoms with van der Waals surface area (Å²) in [7, 11) is 0. The summed E-state index contributed by atoms with van der Waals surface area (Å²) in [6.07, 6.45) is 5.48. The first-order valence-corrected chi connectivity index (χ1v) is 11.6. The van der Waals surface area contributed by atoms with Crippen LogP contribution >= 0.6 is 0 Å². The maximum atomic E-state index is 13.6. The van der Waals surface area contributed by atoms with Crippen molar-refractivity contribution >= 4 is 22.6 Å². The van der Waals surface area contributed by atoms with Crippen LogP contribution in [0.25, 0.3) is 39.2 Å². The van der Waals surface area contributed by atoms with Gasteiger partial charge in [-0.05, 0) is 78.4 Å². The minimum Gasteiger partial charge on any atom is -0.348 e. The van der Waals surface area contributed by atoms with Gasteiger partial charge in [-0.1, -0.05) is 6.07 Å². The maximum absolute atomic E-state index is 13.6. The number of hydrogen-bond acceptors (Lipinski definition) is 4. The van der Waals surface area contributed by atoms with Crippen molar-refractivity contribution < 1.29 is 13.6 Å². The summed E-state index contributed by atoms with van der Waals surface area (Å²) in [6, 6.07) is 20.8. The number of carbonyl (C=O) groups excluding carboxylic acids is 1. The minimum atomic E-state index is -0.369. The number of hydrogen-bond donors (Lipinski definition) is 1. The van der Waals surface area contributed by atoms with E-state index in [-0.39, 0.29) is 17.5 Å². The van der Waals surface area contributed by atoms with Gasteiger partial charge in [-0.15, -0.1) is 0 Å². The third kappa shape index (κ3) is 4.52. The molecule has 6 rings (SSSR count). The van der Waals surface area contributed by atoms with Gasteiger partial charge in [0.1, 0.15) is 17.3 Å². The van der Waals surface area contributed by atoms with Crippen LogP contribution in [-0.2, 0) is 6.54 Å². The molecule has 3 aromatic carbocycles. The SMILES string of the molecule is O=C(NCc1ccc2nccn2c1)c1ccc2nc(-c3ccc(F)cc3)c(-c3ccc(F)cc3)nc2c1. The summed E-state index contributed by atoms with van der Waals surface area (Å²) in [6.45, 7) is 0.348. The molecule has 0 atom stereocenters. The second-order valence-electron chi connectivity index (χ2n) is 8.55. The van der Waals surface area contributed by atoms with E-state index in [1.54, 1.807) is 48.7 Å². The fourth-order valence-electron chi connectivity index (χ4n) is 4.17. The van der Waals surface area contributed by atoms with Gasteiger partial charge in [0.05, 0.1) is 22.4 Å². The largest absolute Gasteiger partial charge is 0.348 e. The van der Waals surface area contributed by atoms with Crippen molar-refractivity contribution in [3.05, 3.63) is 120 Å². The number of pyridine rings is 1. The number of amides is 1. The number of rotatable bonds is 5. The first-order chi connectivity index (χ1) is 18.0. The van der Waals surface area contributed by atoms with E-state index in [0.29, 0.717) is 45.7 Å². The first-order valence-electron chi connectivity index (χ1n) is 11.6. The van der Waals surface area contributed by atoms with Crippen molar-refractivity contribution in [1.29, 1.82) is 0 Å². The average molecular weight is 492 g/mol. The topological polar surface area (TPSA) is 72.2 Å². The Morgan fingerprint density at radius 3 is 2.11 bits per heavy atom. The third-order valence-electron chi connectivity index (χ3n) is 6.06. The van der Waals surface area contributed by atoms with Gasteiger partial charge >= 0.3 is 0 Å². The fraction of sp³-hybridized carbons (Fsp3) is 0.0345. The van der Waals surface area contributed by atoms with E-state index in [1.165, 1.54) is 24.3 Å². The number of nitrogens with zero attached hydrogens (tertiary/aromatic N) is 4. The average Bonchev–Trinajstić information content (AvgIpc) is 3.40. The summed E-state index contributed by atoms with van der Waals surface area (Å²) in [5.41, 5.74) is 5.65. The second-order valence-corrected chi connectivity index (χ2v) is 8.55. The lowest BCUT2D eigenvalue weighted by Gasteiger charge is -2.12. The van der Waals surface area contributed by atoms with Crippen molar-refractivity contribution in [2.75, 3.05) is 0 Å². The molecule has 1 amide bonds. The van der Waals surface area contributed by atoms with Crippen LogP contribution in [0.1, 0.15) is 15.9 Å². The van der Waals surface area contributed by atoms with Gasteiger partial charge in [0.15, 0.2) is 0 Å². The number of carbonyl (C=O) groups is 1.